The number of carbonyl (C=O) groups excluding carboxylic acids is 4. The quantitative estimate of drug-likeness (QED) is 0.624. The molecule has 0 spiro atoms. The molecule has 2 aliphatic heterocycles. The van der Waals surface area contributed by atoms with E-state index in [1.165, 1.54) is 11.8 Å². The van der Waals surface area contributed by atoms with Crippen LogP contribution in [0.15, 0.2) is 24.3 Å². The third-order valence-corrected chi connectivity index (χ3v) is 5.56. The average Bonchev–Trinajstić information content (AvgIpc) is 2.71. The highest BCUT2D eigenvalue weighted by Crippen LogP contribution is 2.14. The van der Waals surface area contributed by atoms with Gasteiger partial charge in [-0.15, -0.1) is 0 Å². The minimum absolute atomic E-state index is 0.0544. The third kappa shape index (κ3) is 5.64. The van der Waals surface area contributed by atoms with Crippen LogP contribution in [0.4, 0.5) is 5.69 Å². The number of hydrogen-bond acceptors (Lipinski definition) is 6. The van der Waals surface area contributed by atoms with Gasteiger partial charge in [0.05, 0.1) is 13.0 Å². The number of nitrogens with one attached hydrogen (secondary N) is 2. The van der Waals surface area contributed by atoms with Crippen molar-refractivity contribution in [3.63, 3.8) is 0 Å². The molecule has 2 aliphatic rings. The molecular formula is C21H29N5O4. The second kappa shape index (κ2) is 9.82. The Balaban J connectivity index is 1.59. The number of benzene rings is 1. The first kappa shape index (κ1) is 21.9. The van der Waals surface area contributed by atoms with Crippen molar-refractivity contribution in [2.75, 3.05) is 58.2 Å². The van der Waals surface area contributed by atoms with Crippen LogP contribution >= 0.6 is 0 Å². The maximum Gasteiger partial charge on any atom is 0.243 e. The van der Waals surface area contributed by atoms with E-state index in [4.69, 9.17) is 0 Å². The molecule has 162 valence electrons. The molecule has 1 aromatic rings. The Bertz CT molecular complexity index is 802. The Morgan fingerprint density at radius 3 is 2.37 bits per heavy atom. The fourth-order valence-electron chi connectivity index (χ4n) is 3.68. The van der Waals surface area contributed by atoms with Gasteiger partial charge in [0, 0.05) is 50.5 Å². The summed E-state index contributed by atoms with van der Waals surface area (Å²) in [4.78, 5) is 55.0. The van der Waals surface area contributed by atoms with E-state index in [0.29, 0.717) is 24.3 Å². The number of carbonyl (C=O) groups is 4. The van der Waals surface area contributed by atoms with Gasteiger partial charge < -0.3 is 20.4 Å². The largest absolute Gasteiger partial charge is 0.353 e. The molecule has 9 heteroatoms. The first-order valence-electron chi connectivity index (χ1n) is 10.2. The van der Waals surface area contributed by atoms with Crippen LogP contribution < -0.4 is 10.6 Å². The Labute approximate surface area is 176 Å². The van der Waals surface area contributed by atoms with Crippen LogP contribution in [0, 0.1) is 0 Å². The predicted octanol–water partition coefficient (Wildman–Crippen LogP) is -0.208. The zero-order valence-electron chi connectivity index (χ0n) is 17.5. The highest BCUT2D eigenvalue weighted by Gasteiger charge is 2.35. The predicted molar refractivity (Wildman–Crippen MR) is 112 cm³/mol. The number of hydrogen-bond donors (Lipinski definition) is 2. The van der Waals surface area contributed by atoms with Crippen molar-refractivity contribution in [1.82, 2.24) is 20.0 Å². The summed E-state index contributed by atoms with van der Waals surface area (Å²) >= 11 is 0. The van der Waals surface area contributed by atoms with Gasteiger partial charge in [-0.25, -0.2) is 0 Å². The Morgan fingerprint density at radius 1 is 1.07 bits per heavy atom. The molecule has 2 saturated heterocycles. The lowest BCUT2D eigenvalue weighted by Crippen LogP contribution is -2.60. The lowest BCUT2D eigenvalue weighted by molar-refractivity contribution is -0.145. The molecule has 9 nitrogen and oxygen atoms in total. The minimum atomic E-state index is -0.824. The van der Waals surface area contributed by atoms with Crippen LogP contribution in [-0.4, -0.2) is 97.1 Å². The lowest BCUT2D eigenvalue weighted by atomic mass is 10.1. The van der Waals surface area contributed by atoms with Gasteiger partial charge >= 0.3 is 0 Å². The molecule has 0 saturated carbocycles. The summed E-state index contributed by atoms with van der Waals surface area (Å²) in [6, 6.07) is 5.74. The molecule has 30 heavy (non-hydrogen) atoms. The van der Waals surface area contributed by atoms with Crippen molar-refractivity contribution in [2.24, 2.45) is 0 Å². The lowest BCUT2D eigenvalue weighted by Gasteiger charge is -2.37. The normalized spacial score (nSPS) is 20.5. The van der Waals surface area contributed by atoms with Gasteiger partial charge in [-0.05, 0) is 38.2 Å². The maximum absolute atomic E-state index is 12.9. The van der Waals surface area contributed by atoms with E-state index >= 15 is 0 Å². The topological polar surface area (TPSA) is 102 Å². The number of anilines is 1. The van der Waals surface area contributed by atoms with Gasteiger partial charge in [-0.2, -0.15) is 0 Å². The van der Waals surface area contributed by atoms with E-state index in [9.17, 15) is 19.2 Å². The molecule has 0 aromatic heterocycles. The number of ketones is 1. The number of amides is 3. The maximum atomic E-state index is 12.9. The summed E-state index contributed by atoms with van der Waals surface area (Å²) < 4.78 is 0. The van der Waals surface area contributed by atoms with Crippen molar-refractivity contribution in [3.05, 3.63) is 29.8 Å². The van der Waals surface area contributed by atoms with Crippen LogP contribution in [0.25, 0.3) is 0 Å². The Hall–Kier alpha value is -2.78. The van der Waals surface area contributed by atoms with Gasteiger partial charge in [-0.1, -0.05) is 0 Å². The summed E-state index contributed by atoms with van der Waals surface area (Å²) in [7, 11) is 2.05. The number of Topliss-reactive ketones (excluding diaryl/α,β-unsaturated/α-hetero) is 1. The summed E-state index contributed by atoms with van der Waals surface area (Å²) in [6.07, 6.45) is -0.116. The van der Waals surface area contributed by atoms with Crippen LogP contribution in [0.3, 0.4) is 0 Å². The second-order valence-corrected chi connectivity index (χ2v) is 7.86. The molecule has 3 amide bonds. The van der Waals surface area contributed by atoms with Crippen LogP contribution in [0.5, 0.6) is 0 Å². The summed E-state index contributed by atoms with van der Waals surface area (Å²) in [6.45, 7) is 5.94. The first-order chi connectivity index (χ1) is 14.3. The zero-order valence-corrected chi connectivity index (χ0v) is 17.5. The highest BCUT2D eigenvalue weighted by molar-refractivity contribution is 5.98. The number of nitrogens with zero attached hydrogens (tertiary/aromatic N) is 3. The fraction of sp³-hybridized carbons (Fsp3) is 0.524. The number of likely N-dealkylation sites (N-methyl/N-ethyl adjacent to an activating group) is 1. The Morgan fingerprint density at radius 2 is 1.73 bits per heavy atom. The van der Waals surface area contributed by atoms with E-state index in [1.807, 2.05) is 0 Å². The van der Waals surface area contributed by atoms with Gasteiger partial charge in [0.1, 0.15) is 6.04 Å². The standard InChI is InChI=1S/C21H29N5O4/c1-15(27)16-3-5-17(6-4-16)23-19(28)13-18-21(30)22-7-8-26(18)20(29)14-25-11-9-24(2)10-12-25/h3-6,18H,7-14H2,1-2H3,(H,22,30)(H,23,28). The molecule has 0 bridgehead atoms. The van der Waals surface area contributed by atoms with E-state index in [2.05, 4.69) is 27.5 Å². The smallest absolute Gasteiger partial charge is 0.243 e. The SMILES string of the molecule is CC(=O)c1ccc(NC(=O)CC2C(=O)NCCN2C(=O)CN2CCN(C)CC2)cc1. The molecular weight excluding hydrogens is 386 g/mol. The molecule has 1 unspecified atom stereocenters. The minimum Gasteiger partial charge on any atom is -0.353 e. The second-order valence-electron chi connectivity index (χ2n) is 7.86. The summed E-state index contributed by atoms with van der Waals surface area (Å²) in [5, 5.41) is 5.48. The van der Waals surface area contributed by atoms with Gasteiger partial charge in [-0.3, -0.25) is 24.1 Å². The van der Waals surface area contributed by atoms with E-state index in [-0.39, 0.29) is 36.5 Å². The van der Waals surface area contributed by atoms with Gasteiger partial charge in [0.15, 0.2) is 5.78 Å². The van der Waals surface area contributed by atoms with Crippen molar-refractivity contribution >= 4 is 29.2 Å². The van der Waals surface area contributed by atoms with E-state index in [0.717, 1.165) is 26.2 Å². The summed E-state index contributed by atoms with van der Waals surface area (Å²) in [5.41, 5.74) is 1.09. The van der Waals surface area contributed by atoms with E-state index < -0.39 is 6.04 Å². The molecule has 2 N–H and O–H groups in total. The summed E-state index contributed by atoms with van der Waals surface area (Å²) in [5.74, 6) is -0.848. The molecule has 2 heterocycles. The molecule has 1 atom stereocenters. The Kier molecular flexibility index (Phi) is 7.17. The van der Waals surface area contributed by atoms with E-state index in [1.54, 1.807) is 24.3 Å². The monoisotopic (exact) mass is 415 g/mol. The molecule has 1 aromatic carbocycles. The fourth-order valence-corrected chi connectivity index (χ4v) is 3.68. The van der Waals surface area contributed by atoms with Crippen molar-refractivity contribution in [2.45, 2.75) is 19.4 Å². The number of piperazine rings is 2. The van der Waals surface area contributed by atoms with Gasteiger partial charge in [0.2, 0.25) is 17.7 Å². The van der Waals surface area contributed by atoms with Crippen molar-refractivity contribution < 1.29 is 19.2 Å². The molecule has 3 rings (SSSR count). The van der Waals surface area contributed by atoms with Crippen LogP contribution in [0.1, 0.15) is 23.7 Å². The third-order valence-electron chi connectivity index (χ3n) is 5.56. The van der Waals surface area contributed by atoms with Crippen LogP contribution in [-0.2, 0) is 14.4 Å². The van der Waals surface area contributed by atoms with Crippen molar-refractivity contribution in [1.29, 1.82) is 0 Å². The molecule has 0 radical (unpaired) electrons. The molecule has 0 aliphatic carbocycles. The van der Waals surface area contributed by atoms with Crippen LogP contribution in [0.2, 0.25) is 0 Å². The zero-order chi connectivity index (χ0) is 21.7. The van der Waals surface area contributed by atoms with Crippen molar-refractivity contribution in [3.8, 4) is 0 Å². The highest BCUT2D eigenvalue weighted by atomic mass is 16.2. The number of rotatable bonds is 6. The average molecular weight is 415 g/mol. The first-order valence-corrected chi connectivity index (χ1v) is 10.2. The molecule has 2 fully saturated rings. The van der Waals surface area contributed by atoms with Gasteiger partial charge in [0.25, 0.3) is 0 Å².